The van der Waals surface area contributed by atoms with E-state index < -0.39 is 13.9 Å². The SMILES string of the molecule is CC/C=C\C/C=C\C/C=C\C/C=C\CCCCC(=O)OC(COCCCCCCCCCCCC/C=C\C/C=C\CCCCC)COP(=O)(O)OCC[N+](C)(C)C. The third kappa shape index (κ3) is 44.9. The smallest absolute Gasteiger partial charge is 0.457 e. The number of allylic oxidation sites excluding steroid dienone is 12. The van der Waals surface area contributed by atoms with Crippen molar-refractivity contribution in [3.05, 3.63) is 72.9 Å². The average Bonchev–Trinajstić information content (AvgIpc) is 3.16. The van der Waals surface area contributed by atoms with E-state index in [-0.39, 0.29) is 32.2 Å². The van der Waals surface area contributed by atoms with Crippen LogP contribution >= 0.6 is 7.82 Å². The Hall–Kier alpha value is -2.06. The quantitative estimate of drug-likeness (QED) is 0.0216. The molecular formula is C48H87NO7P+. The third-order valence-electron chi connectivity index (χ3n) is 9.25. The minimum Gasteiger partial charge on any atom is -0.457 e. The lowest BCUT2D eigenvalue weighted by molar-refractivity contribution is -0.870. The number of phosphoric ester groups is 1. The molecule has 0 saturated heterocycles. The third-order valence-corrected chi connectivity index (χ3v) is 10.2. The van der Waals surface area contributed by atoms with Crippen molar-refractivity contribution in [2.75, 3.05) is 54.1 Å². The molecule has 2 unspecified atom stereocenters. The maximum atomic E-state index is 12.7. The van der Waals surface area contributed by atoms with Gasteiger partial charge in [-0.3, -0.25) is 13.8 Å². The van der Waals surface area contributed by atoms with Gasteiger partial charge in [0.05, 0.1) is 34.4 Å². The van der Waals surface area contributed by atoms with E-state index in [9.17, 15) is 14.3 Å². The van der Waals surface area contributed by atoms with Crippen LogP contribution in [0.2, 0.25) is 0 Å². The van der Waals surface area contributed by atoms with E-state index in [1.165, 1.54) is 83.5 Å². The highest BCUT2D eigenvalue weighted by Crippen LogP contribution is 2.43. The first kappa shape index (κ1) is 54.9. The van der Waals surface area contributed by atoms with Gasteiger partial charge in [-0.1, -0.05) is 151 Å². The number of phosphoric acid groups is 1. The molecule has 1 N–H and O–H groups in total. The minimum atomic E-state index is -4.29. The van der Waals surface area contributed by atoms with E-state index in [0.717, 1.165) is 57.8 Å². The molecule has 0 amide bonds. The zero-order valence-corrected chi connectivity index (χ0v) is 38.2. The summed E-state index contributed by atoms with van der Waals surface area (Å²) in [6, 6.07) is 0. The van der Waals surface area contributed by atoms with E-state index >= 15 is 0 Å². The lowest BCUT2D eigenvalue weighted by Gasteiger charge is -2.24. The summed E-state index contributed by atoms with van der Waals surface area (Å²) in [5, 5.41) is 0. The van der Waals surface area contributed by atoms with E-state index in [4.69, 9.17) is 18.5 Å². The Morgan fingerprint density at radius 1 is 0.561 bits per heavy atom. The number of carbonyl (C=O) groups excluding carboxylic acids is 1. The molecule has 57 heavy (non-hydrogen) atoms. The van der Waals surface area contributed by atoms with Crippen molar-refractivity contribution >= 4 is 13.8 Å². The van der Waals surface area contributed by atoms with Crippen LogP contribution in [0.25, 0.3) is 0 Å². The normalized spacial score (nSPS) is 14.4. The summed E-state index contributed by atoms with van der Waals surface area (Å²) in [5.74, 6) is -0.357. The first-order valence-electron chi connectivity index (χ1n) is 22.7. The van der Waals surface area contributed by atoms with Gasteiger partial charge in [0.2, 0.25) is 0 Å². The van der Waals surface area contributed by atoms with Crippen molar-refractivity contribution in [3.63, 3.8) is 0 Å². The largest absolute Gasteiger partial charge is 0.472 e. The summed E-state index contributed by atoms with van der Waals surface area (Å²) in [6.45, 7) is 5.41. The fourth-order valence-electron chi connectivity index (χ4n) is 5.75. The Bertz CT molecular complexity index is 1140. The molecule has 0 rings (SSSR count). The van der Waals surface area contributed by atoms with Crippen molar-refractivity contribution in [2.24, 2.45) is 0 Å². The Morgan fingerprint density at radius 3 is 1.53 bits per heavy atom. The number of hydrogen-bond acceptors (Lipinski definition) is 6. The number of likely N-dealkylation sites (N-methyl/N-ethyl adjacent to an activating group) is 1. The first-order valence-corrected chi connectivity index (χ1v) is 24.2. The molecule has 0 bridgehead atoms. The number of ether oxygens (including phenoxy) is 2. The lowest BCUT2D eigenvalue weighted by Crippen LogP contribution is -2.37. The molecule has 0 radical (unpaired) electrons. The molecule has 0 aromatic carbocycles. The van der Waals surface area contributed by atoms with Gasteiger partial charge in [0, 0.05) is 13.0 Å². The maximum absolute atomic E-state index is 12.7. The number of unbranched alkanes of at least 4 members (excludes halogenated alkanes) is 15. The summed E-state index contributed by atoms with van der Waals surface area (Å²) in [7, 11) is 1.63. The number of esters is 1. The first-order chi connectivity index (χ1) is 27.6. The van der Waals surface area contributed by atoms with Crippen LogP contribution in [0.1, 0.15) is 168 Å². The molecule has 0 spiro atoms. The van der Waals surface area contributed by atoms with Gasteiger partial charge in [-0.05, 0) is 83.5 Å². The van der Waals surface area contributed by atoms with E-state index in [0.29, 0.717) is 24.1 Å². The maximum Gasteiger partial charge on any atom is 0.472 e. The second-order valence-electron chi connectivity index (χ2n) is 16.0. The van der Waals surface area contributed by atoms with Gasteiger partial charge in [-0.2, -0.15) is 0 Å². The van der Waals surface area contributed by atoms with E-state index in [1.54, 1.807) is 0 Å². The number of hydrogen-bond donors (Lipinski definition) is 1. The topological polar surface area (TPSA) is 91.3 Å². The van der Waals surface area contributed by atoms with Gasteiger partial charge >= 0.3 is 13.8 Å². The Morgan fingerprint density at radius 2 is 1.02 bits per heavy atom. The van der Waals surface area contributed by atoms with Gasteiger partial charge in [-0.25, -0.2) is 4.57 Å². The molecule has 0 saturated carbocycles. The molecular weight excluding hydrogens is 734 g/mol. The van der Waals surface area contributed by atoms with Crippen molar-refractivity contribution in [2.45, 2.75) is 174 Å². The van der Waals surface area contributed by atoms with Gasteiger partial charge in [0.15, 0.2) is 0 Å². The van der Waals surface area contributed by atoms with Crippen LogP contribution in [-0.4, -0.2) is 75.6 Å². The van der Waals surface area contributed by atoms with Crippen LogP contribution < -0.4 is 0 Å². The van der Waals surface area contributed by atoms with Crippen LogP contribution in [0.5, 0.6) is 0 Å². The van der Waals surface area contributed by atoms with Crippen LogP contribution in [0.15, 0.2) is 72.9 Å². The molecule has 0 heterocycles. The van der Waals surface area contributed by atoms with Crippen molar-refractivity contribution < 1.29 is 37.3 Å². The standard InChI is InChI=1S/C48H86NO7P/c1-6-8-10-12-14-16-18-20-22-23-24-25-26-28-30-32-34-36-38-40-43-53-45-47(46-55-57(51,52)54-44-42-49(3,4)5)56-48(50)41-39-37-35-33-31-29-27-21-19-17-15-13-11-9-7-2/h9,11,14-17,20-22,27,31,33,47H,6-8,10,12-13,18-19,23-26,28-30,32,34-46H2,1-5H3/p+1/b11-9-,16-14-,17-15-,22-20-,27-21-,33-31-. The highest BCUT2D eigenvalue weighted by atomic mass is 31.2. The van der Waals surface area contributed by atoms with Gasteiger partial charge in [0.25, 0.3) is 0 Å². The Balaban J connectivity index is 4.27. The van der Waals surface area contributed by atoms with Crippen molar-refractivity contribution in [1.29, 1.82) is 0 Å². The molecule has 0 fully saturated rings. The predicted octanol–water partition coefficient (Wildman–Crippen LogP) is 13.5. The average molecular weight is 821 g/mol. The van der Waals surface area contributed by atoms with Crippen LogP contribution in [-0.2, 0) is 27.9 Å². The summed E-state index contributed by atoms with van der Waals surface area (Å²) in [4.78, 5) is 22.9. The molecule has 0 aliphatic rings. The molecule has 0 aromatic rings. The van der Waals surface area contributed by atoms with Crippen molar-refractivity contribution in [1.82, 2.24) is 0 Å². The Labute approximate surface area is 351 Å². The molecule has 0 aliphatic carbocycles. The van der Waals surface area contributed by atoms with Gasteiger partial charge in [0.1, 0.15) is 19.3 Å². The van der Waals surface area contributed by atoms with Crippen molar-refractivity contribution in [3.8, 4) is 0 Å². The minimum absolute atomic E-state index is 0.0765. The van der Waals surface area contributed by atoms with E-state index in [2.05, 4.69) is 86.8 Å². The van der Waals surface area contributed by atoms with E-state index in [1.807, 2.05) is 21.1 Å². The summed E-state index contributed by atoms with van der Waals surface area (Å²) in [5.41, 5.74) is 0. The summed E-state index contributed by atoms with van der Waals surface area (Å²) in [6.07, 6.45) is 52.3. The second kappa shape index (κ2) is 40.7. The number of carbonyl (C=O) groups is 1. The fraction of sp³-hybridized carbons (Fsp3) is 0.729. The monoisotopic (exact) mass is 821 g/mol. The van der Waals surface area contributed by atoms with Crippen LogP contribution in [0.4, 0.5) is 0 Å². The van der Waals surface area contributed by atoms with Gasteiger partial charge in [-0.15, -0.1) is 0 Å². The van der Waals surface area contributed by atoms with Crippen LogP contribution in [0, 0.1) is 0 Å². The summed E-state index contributed by atoms with van der Waals surface area (Å²) < 4.78 is 35.0. The molecule has 330 valence electrons. The molecule has 8 nitrogen and oxygen atoms in total. The molecule has 9 heteroatoms. The Kier molecular flexibility index (Phi) is 39.2. The fourth-order valence-corrected chi connectivity index (χ4v) is 6.49. The number of rotatable bonds is 41. The molecule has 0 aromatic heterocycles. The summed E-state index contributed by atoms with van der Waals surface area (Å²) >= 11 is 0. The number of quaternary nitrogens is 1. The second-order valence-corrected chi connectivity index (χ2v) is 17.5. The lowest BCUT2D eigenvalue weighted by atomic mass is 10.1. The molecule has 2 atom stereocenters. The highest BCUT2D eigenvalue weighted by molar-refractivity contribution is 7.47. The predicted molar refractivity (Wildman–Crippen MR) is 242 cm³/mol. The molecule has 0 aliphatic heterocycles. The zero-order valence-electron chi connectivity index (χ0n) is 37.3. The highest BCUT2D eigenvalue weighted by Gasteiger charge is 2.26. The number of nitrogens with zero attached hydrogens (tertiary/aromatic N) is 1. The van der Waals surface area contributed by atoms with Gasteiger partial charge < -0.3 is 18.9 Å². The zero-order chi connectivity index (χ0) is 42.0. The van der Waals surface area contributed by atoms with Crippen LogP contribution in [0.3, 0.4) is 0 Å².